The maximum Gasteiger partial charge on any atom is 0.357 e. The quantitative estimate of drug-likeness (QED) is 0.479. The van der Waals surface area contributed by atoms with Crippen molar-refractivity contribution in [1.82, 2.24) is 19.7 Å². The highest BCUT2D eigenvalue weighted by atomic mass is 16.5. The van der Waals surface area contributed by atoms with Crippen LogP contribution in [0.3, 0.4) is 0 Å². The zero-order chi connectivity index (χ0) is 23.7. The molecule has 180 valence electrons. The lowest BCUT2D eigenvalue weighted by atomic mass is 9.82. The number of ether oxygens (including phenoxy) is 2. The number of pyridine rings is 2. The number of methoxy groups -OCH3 is 1. The summed E-state index contributed by atoms with van der Waals surface area (Å²) in [6, 6.07) is 5.87. The van der Waals surface area contributed by atoms with Crippen molar-refractivity contribution in [3.8, 4) is 5.69 Å². The van der Waals surface area contributed by atoms with Gasteiger partial charge >= 0.3 is 5.97 Å². The Kier molecular flexibility index (Phi) is 6.50. The summed E-state index contributed by atoms with van der Waals surface area (Å²) < 4.78 is 12.6. The number of nitrogens with zero attached hydrogens (tertiary/aromatic N) is 5. The van der Waals surface area contributed by atoms with E-state index in [0.717, 1.165) is 73.5 Å². The van der Waals surface area contributed by atoms with Gasteiger partial charge in [0.2, 0.25) is 0 Å². The van der Waals surface area contributed by atoms with E-state index in [4.69, 9.17) is 19.6 Å². The number of esters is 1. The van der Waals surface area contributed by atoms with Gasteiger partial charge in [-0.25, -0.2) is 14.5 Å². The molecular weight excluding hydrogens is 430 g/mol. The second-order valence-electron chi connectivity index (χ2n) is 9.41. The molecule has 0 bridgehead atoms. The summed E-state index contributed by atoms with van der Waals surface area (Å²) in [6.45, 7) is 6.72. The van der Waals surface area contributed by atoms with Gasteiger partial charge in [0, 0.05) is 44.6 Å². The highest BCUT2D eigenvalue weighted by Gasteiger charge is 2.31. The molecule has 3 aromatic rings. The first-order chi connectivity index (χ1) is 16.6. The monoisotopic (exact) mass is 463 g/mol. The SMILES string of the molecule is CCOC(=O)c1cc(N2CCC(COC)CC2)c2c(C3CCC3)nn(-c3ccnc(C)c3)c2n1. The van der Waals surface area contributed by atoms with Crippen molar-refractivity contribution in [2.45, 2.75) is 51.9 Å². The fourth-order valence-corrected chi connectivity index (χ4v) is 5.07. The second-order valence-corrected chi connectivity index (χ2v) is 9.41. The van der Waals surface area contributed by atoms with E-state index in [2.05, 4.69) is 9.88 Å². The molecule has 0 atom stereocenters. The van der Waals surface area contributed by atoms with E-state index in [1.54, 1.807) is 13.3 Å². The van der Waals surface area contributed by atoms with Crippen LogP contribution in [0.25, 0.3) is 16.7 Å². The van der Waals surface area contributed by atoms with E-state index >= 15 is 0 Å². The van der Waals surface area contributed by atoms with E-state index in [1.165, 1.54) is 6.42 Å². The molecule has 0 amide bonds. The van der Waals surface area contributed by atoms with Crippen LogP contribution in [0.15, 0.2) is 24.4 Å². The third kappa shape index (κ3) is 4.27. The average molecular weight is 464 g/mol. The van der Waals surface area contributed by atoms with Crippen LogP contribution in [0.1, 0.15) is 66.8 Å². The fourth-order valence-electron chi connectivity index (χ4n) is 5.07. The van der Waals surface area contributed by atoms with Crippen LogP contribution >= 0.6 is 0 Å². The molecule has 2 aliphatic rings. The summed E-state index contributed by atoms with van der Waals surface area (Å²) in [5.74, 6) is 0.590. The number of anilines is 1. The molecule has 0 aromatic carbocycles. The Morgan fingerprint density at radius 1 is 1.18 bits per heavy atom. The predicted molar refractivity (Wildman–Crippen MR) is 131 cm³/mol. The van der Waals surface area contributed by atoms with Crippen molar-refractivity contribution >= 4 is 22.7 Å². The Morgan fingerprint density at radius 3 is 2.62 bits per heavy atom. The lowest BCUT2D eigenvalue weighted by Crippen LogP contribution is -2.35. The molecule has 1 saturated heterocycles. The van der Waals surface area contributed by atoms with Gasteiger partial charge in [-0.1, -0.05) is 6.42 Å². The van der Waals surface area contributed by atoms with Crippen molar-refractivity contribution in [2.75, 3.05) is 38.3 Å². The van der Waals surface area contributed by atoms with Crippen molar-refractivity contribution in [3.63, 3.8) is 0 Å². The van der Waals surface area contributed by atoms with E-state index < -0.39 is 5.97 Å². The van der Waals surface area contributed by atoms with Crippen molar-refractivity contribution < 1.29 is 14.3 Å². The average Bonchev–Trinajstić information content (AvgIpc) is 3.17. The molecule has 3 aromatic heterocycles. The fraction of sp³-hybridized carbons (Fsp3) is 0.538. The summed E-state index contributed by atoms with van der Waals surface area (Å²) in [6.07, 6.45) is 7.40. The Bertz CT molecular complexity index is 1180. The zero-order valence-corrected chi connectivity index (χ0v) is 20.3. The number of carbonyl (C=O) groups excluding carboxylic acids is 1. The molecule has 0 spiro atoms. The van der Waals surface area contributed by atoms with E-state index in [1.807, 2.05) is 36.7 Å². The molecule has 1 aliphatic carbocycles. The van der Waals surface area contributed by atoms with Crippen LogP contribution in [-0.4, -0.2) is 59.1 Å². The first kappa shape index (κ1) is 22.8. The number of rotatable bonds is 7. The van der Waals surface area contributed by atoms with E-state index in [0.29, 0.717) is 29.8 Å². The maximum atomic E-state index is 12.8. The van der Waals surface area contributed by atoms with Gasteiger partial charge in [-0.05, 0) is 63.6 Å². The van der Waals surface area contributed by atoms with Gasteiger partial charge < -0.3 is 14.4 Å². The normalized spacial score (nSPS) is 17.2. The minimum Gasteiger partial charge on any atom is -0.461 e. The number of carbonyl (C=O) groups is 1. The molecule has 0 N–H and O–H groups in total. The first-order valence-electron chi connectivity index (χ1n) is 12.4. The van der Waals surface area contributed by atoms with Crippen LogP contribution in [0.2, 0.25) is 0 Å². The van der Waals surface area contributed by atoms with Gasteiger partial charge in [-0.15, -0.1) is 0 Å². The molecular formula is C26H33N5O3. The number of aryl methyl sites for hydroxylation is 1. The van der Waals surface area contributed by atoms with Crippen molar-refractivity contribution in [1.29, 1.82) is 0 Å². The van der Waals surface area contributed by atoms with Gasteiger partial charge in [-0.3, -0.25) is 4.98 Å². The third-order valence-electron chi connectivity index (χ3n) is 7.10. The van der Waals surface area contributed by atoms with Crippen molar-refractivity contribution in [3.05, 3.63) is 41.5 Å². The summed E-state index contributed by atoms with van der Waals surface area (Å²) in [5.41, 5.74) is 4.99. The zero-order valence-electron chi connectivity index (χ0n) is 20.3. The maximum absolute atomic E-state index is 12.8. The minimum absolute atomic E-state index is 0.312. The molecule has 4 heterocycles. The molecule has 8 nitrogen and oxygen atoms in total. The number of piperidine rings is 1. The third-order valence-corrected chi connectivity index (χ3v) is 7.10. The van der Waals surface area contributed by atoms with Gasteiger partial charge in [0.15, 0.2) is 11.3 Å². The van der Waals surface area contributed by atoms with Crippen LogP contribution in [-0.2, 0) is 9.47 Å². The Labute approximate surface area is 200 Å². The van der Waals surface area contributed by atoms with Crippen LogP contribution in [0, 0.1) is 12.8 Å². The van der Waals surface area contributed by atoms with Crippen molar-refractivity contribution in [2.24, 2.45) is 5.92 Å². The Morgan fingerprint density at radius 2 is 1.97 bits per heavy atom. The Balaban J connectivity index is 1.68. The molecule has 1 saturated carbocycles. The molecule has 5 rings (SSSR count). The van der Waals surface area contributed by atoms with Crippen LogP contribution < -0.4 is 4.90 Å². The minimum atomic E-state index is -0.399. The predicted octanol–water partition coefficient (Wildman–Crippen LogP) is 4.43. The first-order valence-corrected chi connectivity index (χ1v) is 12.4. The van der Waals surface area contributed by atoms with Gasteiger partial charge in [0.05, 0.1) is 29.1 Å². The lowest BCUT2D eigenvalue weighted by Gasteiger charge is -2.34. The number of aromatic nitrogens is 4. The largest absolute Gasteiger partial charge is 0.461 e. The van der Waals surface area contributed by atoms with Gasteiger partial charge in [0.1, 0.15) is 0 Å². The molecule has 1 aliphatic heterocycles. The van der Waals surface area contributed by atoms with E-state index in [9.17, 15) is 4.79 Å². The lowest BCUT2D eigenvalue weighted by molar-refractivity contribution is 0.0520. The topological polar surface area (TPSA) is 82.4 Å². The summed E-state index contributed by atoms with van der Waals surface area (Å²) in [4.78, 5) is 24.4. The summed E-state index contributed by atoms with van der Waals surface area (Å²) in [7, 11) is 1.77. The van der Waals surface area contributed by atoms with Crippen LogP contribution in [0.5, 0.6) is 0 Å². The van der Waals surface area contributed by atoms with Gasteiger partial charge in [-0.2, -0.15) is 5.10 Å². The van der Waals surface area contributed by atoms with E-state index in [-0.39, 0.29) is 0 Å². The number of fused-ring (bicyclic) bond motifs is 1. The molecule has 8 heteroatoms. The standard InChI is InChI=1S/C26H33N5O3/c1-4-34-26(32)21-15-22(30-12-9-18(10-13-30)16-33-3)23-24(19-6-5-7-19)29-31(25(23)28-21)20-8-11-27-17(2)14-20/h8,11,14-15,18-19H,4-7,9-10,12-13,16H2,1-3H3. The van der Waals surface area contributed by atoms with Crippen LogP contribution in [0.4, 0.5) is 5.69 Å². The molecule has 0 radical (unpaired) electrons. The Hall–Kier alpha value is -3.00. The highest BCUT2D eigenvalue weighted by Crippen LogP contribution is 2.43. The summed E-state index contributed by atoms with van der Waals surface area (Å²) in [5, 5.41) is 6.16. The smallest absolute Gasteiger partial charge is 0.357 e. The van der Waals surface area contributed by atoms with Gasteiger partial charge in [0.25, 0.3) is 0 Å². The summed E-state index contributed by atoms with van der Waals surface area (Å²) >= 11 is 0. The number of hydrogen-bond donors (Lipinski definition) is 0. The molecule has 2 fully saturated rings. The number of hydrogen-bond acceptors (Lipinski definition) is 7. The molecule has 34 heavy (non-hydrogen) atoms. The highest BCUT2D eigenvalue weighted by molar-refractivity contribution is 5.99. The molecule has 0 unspecified atom stereocenters. The second kappa shape index (κ2) is 9.70.